The zero-order valence-electron chi connectivity index (χ0n) is 21.1. The molecule has 1 aliphatic carbocycles. The van der Waals surface area contributed by atoms with Crippen molar-refractivity contribution in [2.45, 2.75) is 50.7 Å². The number of hydrogen-bond donors (Lipinski definition) is 1. The van der Waals surface area contributed by atoms with Gasteiger partial charge in [0.1, 0.15) is 0 Å². The van der Waals surface area contributed by atoms with Crippen LogP contribution in [0.4, 0.5) is 0 Å². The molecule has 1 saturated carbocycles. The molecule has 1 aliphatic heterocycles. The fourth-order valence-electron chi connectivity index (χ4n) is 5.56. The normalized spacial score (nSPS) is 20.1. The van der Waals surface area contributed by atoms with Crippen LogP contribution in [0.15, 0.2) is 47.5 Å². The second-order valence-corrected chi connectivity index (χ2v) is 10.5. The van der Waals surface area contributed by atoms with Gasteiger partial charge >= 0.3 is 0 Å². The van der Waals surface area contributed by atoms with E-state index in [0.717, 1.165) is 60.8 Å². The summed E-state index contributed by atoms with van der Waals surface area (Å²) in [6.45, 7) is 3.54. The lowest BCUT2D eigenvalue weighted by Gasteiger charge is -2.35. The number of piperidine rings is 1. The van der Waals surface area contributed by atoms with Gasteiger partial charge in [0, 0.05) is 75.8 Å². The minimum Gasteiger partial charge on any atom is -0.385 e. The van der Waals surface area contributed by atoms with Crippen molar-refractivity contribution in [2.24, 2.45) is 13.0 Å². The molecule has 1 saturated heterocycles. The molecule has 1 aromatic carbocycles. The van der Waals surface area contributed by atoms with Gasteiger partial charge in [-0.2, -0.15) is 0 Å². The standard InChI is InChI=1S/C28H35ClN4O3/c1-31-13-10-19(15-26(31)34)22-9-11-30-16-23(22)28(35)33(21-7-8-21)18-20-17-32(12-4-14-36-2)25-6-3-5-24(29)27(20)25/h3,5-6,10,13,15,17,21-23,30H,4,7-9,11-12,14,16,18H2,1-2H3/t22?,23-/m0/s1. The van der Waals surface area contributed by atoms with Crippen molar-refractivity contribution in [1.29, 1.82) is 0 Å². The van der Waals surface area contributed by atoms with Crippen LogP contribution in [0.25, 0.3) is 10.9 Å². The summed E-state index contributed by atoms with van der Waals surface area (Å²) in [4.78, 5) is 28.5. The molecule has 2 aliphatic rings. The Labute approximate surface area is 217 Å². The molecular formula is C28H35ClN4O3. The van der Waals surface area contributed by atoms with Crippen molar-refractivity contribution in [3.8, 4) is 0 Å². The maximum Gasteiger partial charge on any atom is 0.250 e. The van der Waals surface area contributed by atoms with Gasteiger partial charge in [0.05, 0.1) is 10.9 Å². The van der Waals surface area contributed by atoms with Gasteiger partial charge in [0.2, 0.25) is 5.91 Å². The van der Waals surface area contributed by atoms with Crippen molar-refractivity contribution in [2.75, 3.05) is 26.8 Å². The third-order valence-electron chi connectivity index (χ3n) is 7.65. The van der Waals surface area contributed by atoms with Crippen LogP contribution in [-0.4, -0.2) is 52.8 Å². The van der Waals surface area contributed by atoms with Crippen LogP contribution in [0, 0.1) is 5.92 Å². The van der Waals surface area contributed by atoms with E-state index in [-0.39, 0.29) is 29.3 Å². The van der Waals surface area contributed by atoms with Crippen LogP contribution in [-0.2, 0) is 29.7 Å². The van der Waals surface area contributed by atoms with Crippen molar-refractivity contribution >= 4 is 28.4 Å². The lowest BCUT2D eigenvalue weighted by molar-refractivity contribution is -0.138. The molecule has 192 valence electrons. The lowest BCUT2D eigenvalue weighted by atomic mass is 9.80. The van der Waals surface area contributed by atoms with Crippen LogP contribution in [0.1, 0.15) is 42.7 Å². The Morgan fingerprint density at radius 1 is 1.25 bits per heavy atom. The van der Waals surface area contributed by atoms with Gasteiger partial charge in [0.15, 0.2) is 0 Å². The Morgan fingerprint density at radius 2 is 2.08 bits per heavy atom. The predicted octanol–water partition coefficient (Wildman–Crippen LogP) is 3.91. The van der Waals surface area contributed by atoms with Gasteiger partial charge in [-0.25, -0.2) is 0 Å². The van der Waals surface area contributed by atoms with E-state index in [1.54, 1.807) is 31.0 Å². The molecule has 8 heteroatoms. The summed E-state index contributed by atoms with van der Waals surface area (Å²) in [5.41, 5.74) is 3.11. The fourth-order valence-corrected chi connectivity index (χ4v) is 5.85. The molecule has 3 aromatic rings. The summed E-state index contributed by atoms with van der Waals surface area (Å²) in [5.74, 6) is 0.00701. The Bertz CT molecular complexity index is 1300. The van der Waals surface area contributed by atoms with E-state index < -0.39 is 0 Å². The predicted molar refractivity (Wildman–Crippen MR) is 142 cm³/mol. The molecule has 5 rings (SSSR count). The largest absolute Gasteiger partial charge is 0.385 e. The third kappa shape index (κ3) is 5.10. The highest BCUT2D eigenvalue weighted by Crippen LogP contribution is 2.37. The van der Waals surface area contributed by atoms with Crippen molar-refractivity contribution < 1.29 is 9.53 Å². The fraction of sp³-hybridized carbons (Fsp3) is 0.500. The summed E-state index contributed by atoms with van der Waals surface area (Å²) in [7, 11) is 3.47. The van der Waals surface area contributed by atoms with E-state index in [4.69, 9.17) is 16.3 Å². The molecule has 0 spiro atoms. The van der Waals surface area contributed by atoms with Crippen molar-refractivity contribution in [1.82, 2.24) is 19.4 Å². The van der Waals surface area contributed by atoms with Crippen LogP contribution in [0.3, 0.4) is 0 Å². The van der Waals surface area contributed by atoms with Gasteiger partial charge in [-0.15, -0.1) is 0 Å². The molecule has 1 unspecified atom stereocenters. The first-order valence-corrected chi connectivity index (χ1v) is 13.3. The quantitative estimate of drug-likeness (QED) is 0.443. The number of rotatable bonds is 9. The molecule has 2 atom stereocenters. The van der Waals surface area contributed by atoms with E-state index in [0.29, 0.717) is 24.7 Å². The number of pyridine rings is 1. The van der Waals surface area contributed by atoms with E-state index in [1.165, 1.54) is 0 Å². The number of hydrogen-bond acceptors (Lipinski definition) is 4. The smallest absolute Gasteiger partial charge is 0.250 e. The number of ether oxygens (including phenoxy) is 1. The summed E-state index contributed by atoms with van der Waals surface area (Å²) < 4.78 is 9.06. The van der Waals surface area contributed by atoms with Crippen LogP contribution in [0.2, 0.25) is 5.02 Å². The van der Waals surface area contributed by atoms with Gasteiger partial charge in [-0.1, -0.05) is 17.7 Å². The lowest BCUT2D eigenvalue weighted by Crippen LogP contribution is -2.47. The average molecular weight is 511 g/mol. The molecule has 0 bridgehead atoms. The number of nitrogens with one attached hydrogen (secondary N) is 1. The van der Waals surface area contributed by atoms with E-state index in [9.17, 15) is 9.59 Å². The monoisotopic (exact) mass is 510 g/mol. The number of aryl methyl sites for hydroxylation is 2. The molecule has 0 radical (unpaired) electrons. The number of nitrogens with zero attached hydrogens (tertiary/aromatic N) is 3. The van der Waals surface area contributed by atoms with Gasteiger partial charge < -0.3 is 24.1 Å². The first-order valence-electron chi connectivity index (χ1n) is 12.9. The number of halogens is 1. The second-order valence-electron chi connectivity index (χ2n) is 10.1. The molecule has 2 fully saturated rings. The molecule has 3 heterocycles. The Balaban J connectivity index is 1.44. The zero-order chi connectivity index (χ0) is 25.2. The summed E-state index contributed by atoms with van der Waals surface area (Å²) in [6, 6.07) is 9.95. The van der Waals surface area contributed by atoms with Gasteiger partial charge in [-0.05, 0) is 67.5 Å². The molecular weight excluding hydrogens is 476 g/mol. The number of carbonyl (C=O) groups excluding carboxylic acids is 1. The summed E-state index contributed by atoms with van der Waals surface area (Å²) in [5, 5.41) is 5.17. The SMILES string of the molecule is COCCCn1cc(CN(C(=O)[C@H]2CNCCC2c2ccn(C)c(=O)c2)C2CC2)c2c(Cl)cccc21. The third-order valence-corrected chi connectivity index (χ3v) is 7.96. The highest BCUT2D eigenvalue weighted by molar-refractivity contribution is 6.35. The Morgan fingerprint density at radius 3 is 2.83 bits per heavy atom. The highest BCUT2D eigenvalue weighted by atomic mass is 35.5. The summed E-state index contributed by atoms with van der Waals surface area (Å²) in [6.07, 6.45) is 7.77. The number of aromatic nitrogens is 2. The molecule has 1 N–H and O–H groups in total. The minimum atomic E-state index is -0.197. The number of amides is 1. The molecule has 2 aromatic heterocycles. The van der Waals surface area contributed by atoms with Gasteiger partial charge in [0.25, 0.3) is 5.56 Å². The maximum atomic E-state index is 14.1. The minimum absolute atomic E-state index is 0.0350. The van der Waals surface area contributed by atoms with Crippen LogP contribution >= 0.6 is 11.6 Å². The molecule has 36 heavy (non-hydrogen) atoms. The molecule has 7 nitrogen and oxygen atoms in total. The topological polar surface area (TPSA) is 68.5 Å². The Kier molecular flexibility index (Phi) is 7.51. The van der Waals surface area contributed by atoms with E-state index in [2.05, 4.69) is 27.0 Å². The van der Waals surface area contributed by atoms with Gasteiger partial charge in [-0.3, -0.25) is 9.59 Å². The van der Waals surface area contributed by atoms with Crippen molar-refractivity contribution in [3.63, 3.8) is 0 Å². The van der Waals surface area contributed by atoms with Crippen molar-refractivity contribution in [3.05, 3.63) is 69.2 Å². The first-order chi connectivity index (χ1) is 17.5. The first kappa shape index (κ1) is 25.1. The number of carbonyl (C=O) groups is 1. The van der Waals surface area contributed by atoms with Crippen LogP contribution in [0.5, 0.6) is 0 Å². The number of fused-ring (bicyclic) bond motifs is 1. The average Bonchev–Trinajstić information content (AvgIpc) is 3.66. The maximum absolute atomic E-state index is 14.1. The van der Waals surface area contributed by atoms with E-state index >= 15 is 0 Å². The number of methoxy groups -OCH3 is 1. The zero-order valence-corrected chi connectivity index (χ0v) is 21.8. The molecule has 1 amide bonds. The van der Waals surface area contributed by atoms with E-state index in [1.807, 2.05) is 18.2 Å². The number of benzene rings is 1. The second kappa shape index (κ2) is 10.8. The highest BCUT2D eigenvalue weighted by Gasteiger charge is 2.40. The Hall–Kier alpha value is -2.61. The van der Waals surface area contributed by atoms with Crippen LogP contribution < -0.4 is 10.9 Å². The summed E-state index contributed by atoms with van der Waals surface area (Å²) >= 11 is 6.69.